The summed E-state index contributed by atoms with van der Waals surface area (Å²) < 4.78 is 10.9. The van der Waals surface area contributed by atoms with E-state index in [1.54, 1.807) is 36.5 Å². The third kappa shape index (κ3) is 3.72. The molecule has 0 bridgehead atoms. The summed E-state index contributed by atoms with van der Waals surface area (Å²) in [6.45, 7) is 2.28. The lowest BCUT2D eigenvalue weighted by atomic mass is 10.1. The number of benzene rings is 2. The van der Waals surface area contributed by atoms with Gasteiger partial charge in [0.25, 0.3) is 5.91 Å². The van der Waals surface area contributed by atoms with Gasteiger partial charge in [0, 0.05) is 22.8 Å². The molecule has 3 heterocycles. The molecule has 2 aromatic carbocycles. The van der Waals surface area contributed by atoms with Crippen LogP contribution in [0.5, 0.6) is 5.75 Å². The molecule has 3 aromatic heterocycles. The molecule has 0 atom stereocenters. The van der Waals surface area contributed by atoms with E-state index in [4.69, 9.17) is 9.15 Å². The average Bonchev–Trinajstić information content (AvgIpc) is 3.24. The van der Waals surface area contributed by atoms with Gasteiger partial charge in [0.2, 0.25) is 0 Å². The van der Waals surface area contributed by atoms with Gasteiger partial charge in [0.1, 0.15) is 20.9 Å². The minimum atomic E-state index is -0.722. The van der Waals surface area contributed by atoms with Crippen LogP contribution in [0.4, 0.5) is 5.69 Å². The number of nitrogens with zero attached hydrogens (tertiary/aromatic N) is 2. The fraction of sp³-hybridized carbons (Fsp3) is 0.0833. The number of aromatic nitrogens is 2. The lowest BCUT2D eigenvalue weighted by Crippen LogP contribution is -2.20. The number of nitrogens with one attached hydrogen (secondary N) is 1. The van der Waals surface area contributed by atoms with Gasteiger partial charge in [-0.25, -0.2) is 14.8 Å². The van der Waals surface area contributed by atoms with Crippen LogP contribution in [0.2, 0.25) is 0 Å². The maximum Gasteiger partial charge on any atom is 0.349 e. The Morgan fingerprint density at radius 2 is 1.97 bits per heavy atom. The Bertz CT molecular complexity index is 1470. The molecule has 0 saturated carbocycles. The third-order valence-electron chi connectivity index (χ3n) is 4.82. The SMILES string of the molecule is CCOc1cccc2cc(C(=O)Nc3ccc(-c4nc5cccnc5s4)cc3)c(=O)oc12. The van der Waals surface area contributed by atoms with Crippen molar-refractivity contribution in [2.24, 2.45) is 0 Å². The van der Waals surface area contributed by atoms with E-state index < -0.39 is 11.5 Å². The molecule has 1 amide bonds. The van der Waals surface area contributed by atoms with Crippen LogP contribution < -0.4 is 15.7 Å². The van der Waals surface area contributed by atoms with Crippen molar-refractivity contribution in [3.05, 3.63) is 82.8 Å². The van der Waals surface area contributed by atoms with E-state index in [0.29, 0.717) is 29.0 Å². The van der Waals surface area contributed by atoms with E-state index in [-0.39, 0.29) is 5.56 Å². The summed E-state index contributed by atoms with van der Waals surface area (Å²) >= 11 is 1.50. The number of rotatable bonds is 5. The molecule has 8 heteroatoms. The number of ether oxygens (including phenoxy) is 1. The number of hydrogen-bond donors (Lipinski definition) is 1. The van der Waals surface area contributed by atoms with Crippen molar-refractivity contribution in [1.82, 2.24) is 9.97 Å². The zero-order chi connectivity index (χ0) is 22.1. The van der Waals surface area contributed by atoms with Crippen LogP contribution in [0.3, 0.4) is 0 Å². The smallest absolute Gasteiger partial charge is 0.349 e. The number of hydrogen-bond acceptors (Lipinski definition) is 7. The van der Waals surface area contributed by atoms with Crippen LogP contribution in [0.25, 0.3) is 31.9 Å². The maximum atomic E-state index is 12.7. The fourth-order valence-corrected chi connectivity index (χ4v) is 4.25. The molecule has 5 aromatic rings. The molecule has 0 spiro atoms. The van der Waals surface area contributed by atoms with Gasteiger partial charge in [0.05, 0.1) is 6.61 Å². The molecular formula is C24H17N3O4S. The van der Waals surface area contributed by atoms with E-state index in [1.165, 1.54) is 17.4 Å². The highest BCUT2D eigenvalue weighted by Gasteiger charge is 2.16. The van der Waals surface area contributed by atoms with Crippen LogP contribution >= 0.6 is 11.3 Å². The Morgan fingerprint density at radius 3 is 2.75 bits per heavy atom. The van der Waals surface area contributed by atoms with Crippen molar-refractivity contribution >= 4 is 44.2 Å². The molecule has 5 rings (SSSR count). The Balaban J connectivity index is 1.39. The second-order valence-corrected chi connectivity index (χ2v) is 7.91. The molecule has 0 saturated heterocycles. The van der Waals surface area contributed by atoms with Gasteiger partial charge in [0.15, 0.2) is 11.3 Å². The normalized spacial score (nSPS) is 11.0. The minimum Gasteiger partial charge on any atom is -0.490 e. The molecule has 0 unspecified atom stereocenters. The monoisotopic (exact) mass is 443 g/mol. The van der Waals surface area contributed by atoms with Crippen LogP contribution in [-0.4, -0.2) is 22.5 Å². The number of pyridine rings is 1. The molecule has 0 fully saturated rings. The summed E-state index contributed by atoms with van der Waals surface area (Å²) in [5, 5.41) is 4.21. The summed E-state index contributed by atoms with van der Waals surface area (Å²) in [6.07, 6.45) is 1.74. The molecule has 0 aliphatic heterocycles. The predicted octanol–water partition coefficient (Wildman–Crippen LogP) is 5.12. The number of anilines is 1. The third-order valence-corrected chi connectivity index (χ3v) is 5.85. The standard InChI is InChI=1S/C24H17N3O4S/c1-2-30-19-7-3-5-15-13-17(24(29)31-20(15)19)21(28)26-16-10-8-14(9-11-16)22-27-18-6-4-12-25-23(18)32-22/h3-13H,2H2,1H3,(H,26,28). The van der Waals surface area contributed by atoms with Crippen molar-refractivity contribution in [3.63, 3.8) is 0 Å². The number of thiazole rings is 1. The first kappa shape index (κ1) is 19.9. The van der Waals surface area contributed by atoms with Gasteiger partial charge in [-0.15, -0.1) is 0 Å². The molecular weight excluding hydrogens is 426 g/mol. The van der Waals surface area contributed by atoms with E-state index in [0.717, 1.165) is 20.9 Å². The Kier molecular flexibility index (Phi) is 5.12. The highest BCUT2D eigenvalue weighted by atomic mass is 32.1. The molecule has 0 aliphatic carbocycles. The number of carbonyl (C=O) groups excluding carboxylic acids is 1. The lowest BCUT2D eigenvalue weighted by Gasteiger charge is -2.08. The topological polar surface area (TPSA) is 94.3 Å². The zero-order valence-corrected chi connectivity index (χ0v) is 17.8. The summed E-state index contributed by atoms with van der Waals surface area (Å²) in [6, 6.07) is 17.8. The fourth-order valence-electron chi connectivity index (χ4n) is 3.33. The Labute approximate surface area is 186 Å². The molecule has 0 radical (unpaired) electrons. The number of amides is 1. The number of para-hydroxylation sites is 1. The highest BCUT2D eigenvalue weighted by Crippen LogP contribution is 2.29. The minimum absolute atomic E-state index is 0.0764. The van der Waals surface area contributed by atoms with Crippen molar-refractivity contribution in [1.29, 1.82) is 0 Å². The highest BCUT2D eigenvalue weighted by molar-refractivity contribution is 7.21. The van der Waals surface area contributed by atoms with Gasteiger partial charge in [-0.05, 0) is 55.5 Å². The first-order valence-electron chi connectivity index (χ1n) is 9.95. The van der Waals surface area contributed by atoms with E-state index in [1.807, 2.05) is 31.2 Å². The summed E-state index contributed by atoms with van der Waals surface area (Å²) in [4.78, 5) is 35.0. The Hall–Kier alpha value is -4.04. The second-order valence-electron chi connectivity index (χ2n) is 6.93. The Morgan fingerprint density at radius 1 is 1.12 bits per heavy atom. The van der Waals surface area contributed by atoms with Gasteiger partial charge < -0.3 is 14.5 Å². The average molecular weight is 443 g/mol. The number of carbonyl (C=O) groups is 1. The van der Waals surface area contributed by atoms with Gasteiger partial charge in [-0.3, -0.25) is 4.79 Å². The molecule has 0 aliphatic rings. The quantitative estimate of drug-likeness (QED) is 0.379. The van der Waals surface area contributed by atoms with E-state index in [2.05, 4.69) is 15.3 Å². The van der Waals surface area contributed by atoms with Crippen LogP contribution in [0.15, 0.2) is 76.1 Å². The predicted molar refractivity (Wildman–Crippen MR) is 124 cm³/mol. The largest absolute Gasteiger partial charge is 0.490 e. The van der Waals surface area contributed by atoms with E-state index in [9.17, 15) is 9.59 Å². The zero-order valence-electron chi connectivity index (χ0n) is 17.0. The second kappa shape index (κ2) is 8.24. The maximum absolute atomic E-state index is 12.7. The van der Waals surface area contributed by atoms with Gasteiger partial charge in [-0.1, -0.05) is 23.5 Å². The molecule has 158 valence electrons. The van der Waals surface area contributed by atoms with Crippen LogP contribution in [-0.2, 0) is 0 Å². The van der Waals surface area contributed by atoms with Crippen molar-refractivity contribution in [3.8, 4) is 16.3 Å². The van der Waals surface area contributed by atoms with Gasteiger partial charge >= 0.3 is 5.63 Å². The van der Waals surface area contributed by atoms with Gasteiger partial charge in [-0.2, -0.15) is 0 Å². The number of fused-ring (bicyclic) bond motifs is 2. The van der Waals surface area contributed by atoms with Crippen LogP contribution in [0, 0.1) is 0 Å². The molecule has 32 heavy (non-hydrogen) atoms. The van der Waals surface area contributed by atoms with Crippen molar-refractivity contribution in [2.75, 3.05) is 11.9 Å². The molecule has 1 N–H and O–H groups in total. The van der Waals surface area contributed by atoms with E-state index >= 15 is 0 Å². The van der Waals surface area contributed by atoms with Crippen LogP contribution in [0.1, 0.15) is 17.3 Å². The summed E-state index contributed by atoms with van der Waals surface area (Å²) in [7, 11) is 0. The lowest BCUT2D eigenvalue weighted by molar-refractivity contribution is 0.102. The van der Waals surface area contributed by atoms with Crippen molar-refractivity contribution in [2.45, 2.75) is 6.92 Å². The summed E-state index contributed by atoms with van der Waals surface area (Å²) in [5.41, 5.74) is 1.85. The molecule has 7 nitrogen and oxygen atoms in total. The first-order chi connectivity index (χ1) is 15.6. The summed E-state index contributed by atoms with van der Waals surface area (Å²) in [5.74, 6) is -0.0749. The van der Waals surface area contributed by atoms with Crippen molar-refractivity contribution < 1.29 is 13.9 Å². The first-order valence-corrected chi connectivity index (χ1v) is 10.8.